The van der Waals surface area contributed by atoms with E-state index in [4.69, 9.17) is 9.47 Å². The molecule has 0 radical (unpaired) electrons. The van der Waals surface area contributed by atoms with E-state index in [1.54, 1.807) is 24.5 Å². The molecule has 0 saturated heterocycles. The quantitative estimate of drug-likeness (QED) is 0.875. The van der Waals surface area contributed by atoms with Gasteiger partial charge in [0.2, 0.25) is 0 Å². The normalized spacial score (nSPS) is 12.2. The summed E-state index contributed by atoms with van der Waals surface area (Å²) < 4.78 is 25.6. The first-order valence-electron chi connectivity index (χ1n) is 5.94. The lowest BCUT2D eigenvalue weighted by Gasteiger charge is -2.19. The Morgan fingerprint density at radius 1 is 1.25 bits per heavy atom. The van der Waals surface area contributed by atoms with Gasteiger partial charge in [-0.1, -0.05) is 0 Å². The summed E-state index contributed by atoms with van der Waals surface area (Å²) in [6, 6.07) is 4.72. The monoisotopic (exact) mass is 359 g/mol. The van der Waals surface area contributed by atoms with Crippen molar-refractivity contribution in [1.82, 2.24) is 5.32 Å². The van der Waals surface area contributed by atoms with E-state index in [0.717, 1.165) is 9.35 Å². The zero-order chi connectivity index (χ0) is 14.7. The fourth-order valence-electron chi connectivity index (χ4n) is 2.03. The minimum absolute atomic E-state index is 0.246. The molecule has 0 fully saturated rings. The number of benzene rings is 1. The van der Waals surface area contributed by atoms with Crippen LogP contribution in [0.1, 0.15) is 16.5 Å². The molecule has 0 saturated carbocycles. The molecule has 20 heavy (non-hydrogen) atoms. The summed E-state index contributed by atoms with van der Waals surface area (Å²) in [5.74, 6) is 0.563. The first-order chi connectivity index (χ1) is 9.62. The molecule has 1 atom stereocenters. The highest BCUT2D eigenvalue weighted by Gasteiger charge is 2.22. The van der Waals surface area contributed by atoms with Gasteiger partial charge in [0.25, 0.3) is 0 Å². The van der Waals surface area contributed by atoms with Crippen molar-refractivity contribution >= 4 is 27.3 Å². The minimum atomic E-state index is -0.331. The van der Waals surface area contributed by atoms with Gasteiger partial charge in [-0.2, -0.15) is 0 Å². The first kappa shape index (κ1) is 15.3. The van der Waals surface area contributed by atoms with Crippen molar-refractivity contribution in [1.29, 1.82) is 0 Å². The van der Waals surface area contributed by atoms with Gasteiger partial charge in [-0.05, 0) is 40.5 Å². The number of methoxy groups -OCH3 is 2. The van der Waals surface area contributed by atoms with Crippen LogP contribution in [-0.4, -0.2) is 21.3 Å². The summed E-state index contributed by atoms with van der Waals surface area (Å²) in [5, 5.41) is 5.10. The van der Waals surface area contributed by atoms with Crippen molar-refractivity contribution in [3.63, 3.8) is 0 Å². The Balaban J connectivity index is 2.52. The van der Waals surface area contributed by atoms with E-state index in [-0.39, 0.29) is 11.9 Å². The average molecular weight is 360 g/mol. The van der Waals surface area contributed by atoms with Crippen molar-refractivity contribution in [3.8, 4) is 11.5 Å². The van der Waals surface area contributed by atoms with Crippen LogP contribution in [0.4, 0.5) is 4.39 Å². The molecule has 1 aromatic carbocycles. The van der Waals surface area contributed by atoms with Gasteiger partial charge in [0.05, 0.1) is 20.3 Å². The molecule has 0 aliphatic heterocycles. The van der Waals surface area contributed by atoms with Crippen LogP contribution in [0, 0.1) is 5.82 Å². The highest BCUT2D eigenvalue weighted by atomic mass is 79.9. The number of hydrogen-bond donors (Lipinski definition) is 1. The van der Waals surface area contributed by atoms with Crippen LogP contribution in [-0.2, 0) is 0 Å². The molecule has 1 unspecified atom stereocenters. The van der Waals surface area contributed by atoms with Crippen LogP contribution in [0.5, 0.6) is 11.5 Å². The lowest BCUT2D eigenvalue weighted by Crippen LogP contribution is -2.18. The first-order valence-corrected chi connectivity index (χ1v) is 7.61. The summed E-state index contributed by atoms with van der Waals surface area (Å²) in [5.41, 5.74) is 0.522. The lowest BCUT2D eigenvalue weighted by molar-refractivity contribution is 0.351. The third-order valence-corrected chi connectivity index (χ3v) is 4.95. The van der Waals surface area contributed by atoms with Crippen LogP contribution in [0.2, 0.25) is 0 Å². The van der Waals surface area contributed by atoms with E-state index in [9.17, 15) is 4.39 Å². The van der Waals surface area contributed by atoms with Crippen molar-refractivity contribution in [3.05, 3.63) is 44.3 Å². The van der Waals surface area contributed by atoms with E-state index in [2.05, 4.69) is 21.2 Å². The Hall–Kier alpha value is -1.11. The Kier molecular flexibility index (Phi) is 5.01. The zero-order valence-electron chi connectivity index (χ0n) is 11.4. The van der Waals surface area contributed by atoms with E-state index < -0.39 is 0 Å². The Morgan fingerprint density at radius 3 is 2.40 bits per heavy atom. The fraction of sp³-hybridized carbons (Fsp3) is 0.286. The molecule has 108 valence electrons. The van der Waals surface area contributed by atoms with Crippen LogP contribution in [0.3, 0.4) is 0 Å². The van der Waals surface area contributed by atoms with Gasteiger partial charge >= 0.3 is 0 Å². The topological polar surface area (TPSA) is 30.5 Å². The number of thiophene rings is 1. The third kappa shape index (κ3) is 2.82. The second kappa shape index (κ2) is 6.56. The van der Waals surface area contributed by atoms with Crippen molar-refractivity contribution < 1.29 is 13.9 Å². The molecule has 1 N–H and O–H groups in total. The number of halogens is 2. The maximum atomic E-state index is 14.3. The van der Waals surface area contributed by atoms with Crippen LogP contribution in [0.25, 0.3) is 0 Å². The SMILES string of the molecule is CNC(c1cc(OC)c(OC)cc1F)c1sccc1Br. The Bertz CT molecular complexity index is 603. The van der Waals surface area contributed by atoms with Gasteiger partial charge < -0.3 is 14.8 Å². The highest BCUT2D eigenvalue weighted by molar-refractivity contribution is 9.10. The van der Waals surface area contributed by atoms with Crippen molar-refractivity contribution in [2.24, 2.45) is 0 Å². The van der Waals surface area contributed by atoms with Crippen LogP contribution in [0.15, 0.2) is 28.1 Å². The number of rotatable bonds is 5. The summed E-state index contributed by atoms with van der Waals surface area (Å²) in [6.07, 6.45) is 0. The molecule has 0 aliphatic rings. The fourth-order valence-corrected chi connectivity index (χ4v) is 3.76. The highest BCUT2D eigenvalue weighted by Crippen LogP contribution is 2.38. The molecular formula is C14H15BrFNO2S. The van der Waals surface area contributed by atoms with Gasteiger partial charge in [0.1, 0.15) is 5.82 Å². The van der Waals surface area contributed by atoms with Crippen molar-refractivity contribution in [2.45, 2.75) is 6.04 Å². The van der Waals surface area contributed by atoms with Gasteiger partial charge in [-0.3, -0.25) is 0 Å². The summed E-state index contributed by atoms with van der Waals surface area (Å²) in [4.78, 5) is 1.01. The second-order valence-corrected chi connectivity index (χ2v) is 5.89. The number of hydrogen-bond acceptors (Lipinski definition) is 4. The lowest BCUT2D eigenvalue weighted by atomic mass is 10.0. The van der Waals surface area contributed by atoms with Gasteiger partial charge in [-0.15, -0.1) is 11.3 Å². The summed E-state index contributed by atoms with van der Waals surface area (Å²) in [6.45, 7) is 0. The summed E-state index contributed by atoms with van der Waals surface area (Å²) in [7, 11) is 4.82. The van der Waals surface area contributed by atoms with Crippen LogP contribution >= 0.6 is 27.3 Å². The molecule has 0 aliphatic carbocycles. The third-order valence-electron chi connectivity index (χ3n) is 3.01. The zero-order valence-corrected chi connectivity index (χ0v) is 13.8. The van der Waals surface area contributed by atoms with E-state index >= 15 is 0 Å². The molecule has 0 bridgehead atoms. The standard InChI is InChI=1S/C14H15BrFNO2S/c1-17-13(14-9(15)4-5-20-14)8-6-11(18-2)12(19-3)7-10(8)16/h4-7,13,17H,1-3H3. The molecule has 0 spiro atoms. The smallest absolute Gasteiger partial charge is 0.163 e. The molecule has 3 nitrogen and oxygen atoms in total. The maximum absolute atomic E-state index is 14.3. The molecular weight excluding hydrogens is 345 g/mol. The summed E-state index contributed by atoms with van der Waals surface area (Å²) >= 11 is 5.05. The van der Waals surface area contributed by atoms with Crippen molar-refractivity contribution in [2.75, 3.05) is 21.3 Å². The molecule has 6 heteroatoms. The van der Waals surface area contributed by atoms with Gasteiger partial charge in [-0.25, -0.2) is 4.39 Å². The molecule has 2 rings (SSSR count). The molecule has 1 heterocycles. The average Bonchev–Trinajstić information content (AvgIpc) is 2.87. The number of nitrogens with one attached hydrogen (secondary N) is 1. The molecule has 0 amide bonds. The van der Waals surface area contributed by atoms with E-state index in [1.807, 2.05) is 11.4 Å². The molecule has 1 aromatic heterocycles. The minimum Gasteiger partial charge on any atom is -0.493 e. The van der Waals surface area contributed by atoms with Gasteiger partial charge in [0, 0.05) is 21.0 Å². The number of ether oxygens (including phenoxy) is 2. The molecule has 2 aromatic rings. The second-order valence-electron chi connectivity index (χ2n) is 4.08. The Morgan fingerprint density at radius 2 is 1.90 bits per heavy atom. The maximum Gasteiger partial charge on any atom is 0.163 e. The van der Waals surface area contributed by atoms with Crippen LogP contribution < -0.4 is 14.8 Å². The van der Waals surface area contributed by atoms with E-state index in [0.29, 0.717) is 17.1 Å². The largest absolute Gasteiger partial charge is 0.493 e. The predicted octanol–water partition coefficient (Wildman–Crippen LogP) is 3.98. The van der Waals surface area contributed by atoms with E-state index in [1.165, 1.54) is 20.3 Å². The Labute approximate surface area is 129 Å². The predicted molar refractivity (Wildman–Crippen MR) is 82.4 cm³/mol. The van der Waals surface area contributed by atoms with Gasteiger partial charge in [0.15, 0.2) is 11.5 Å².